The van der Waals surface area contributed by atoms with Crippen LogP contribution < -0.4 is 5.32 Å². The van der Waals surface area contributed by atoms with Crippen molar-refractivity contribution in [2.45, 2.75) is 43.5 Å². The van der Waals surface area contributed by atoms with Crippen LogP contribution in [0.2, 0.25) is 0 Å². The monoisotopic (exact) mass is 257 g/mol. The first-order chi connectivity index (χ1) is 7.77. The van der Waals surface area contributed by atoms with Gasteiger partial charge >= 0.3 is 0 Å². The number of carbonyl (C=O) groups excluding carboxylic acids is 1. The Bertz CT molecular complexity index is 339. The second kappa shape index (κ2) is 5.69. The highest BCUT2D eigenvalue weighted by atomic mass is 35.5. The Labute approximate surface area is 105 Å². The first kappa shape index (κ1) is 11.9. The van der Waals surface area contributed by atoms with Crippen molar-refractivity contribution in [3.05, 3.63) is 22.4 Å². The predicted octanol–water partition coefficient (Wildman–Crippen LogP) is 3.42. The van der Waals surface area contributed by atoms with Crippen LogP contribution in [-0.4, -0.2) is 17.3 Å². The number of nitrogens with one attached hydrogen (secondary N) is 1. The third kappa shape index (κ3) is 2.98. The molecular weight excluding hydrogens is 242 g/mol. The highest BCUT2D eigenvalue weighted by Crippen LogP contribution is 2.23. The molecule has 0 saturated heterocycles. The summed E-state index contributed by atoms with van der Waals surface area (Å²) in [7, 11) is 0. The lowest BCUT2D eigenvalue weighted by Crippen LogP contribution is -2.40. The van der Waals surface area contributed by atoms with Gasteiger partial charge in [0.05, 0.1) is 10.3 Å². The van der Waals surface area contributed by atoms with Crippen LogP contribution in [0.25, 0.3) is 0 Å². The quantitative estimate of drug-likeness (QED) is 0.638. The molecule has 16 heavy (non-hydrogen) atoms. The Hall–Kier alpha value is -0.540. The minimum Gasteiger partial charge on any atom is -0.347 e. The molecule has 1 N–H and O–H groups in total. The molecule has 2 unspecified atom stereocenters. The van der Waals surface area contributed by atoms with Gasteiger partial charge in [-0.15, -0.1) is 22.9 Å². The number of alkyl halides is 1. The van der Waals surface area contributed by atoms with E-state index in [-0.39, 0.29) is 17.3 Å². The van der Waals surface area contributed by atoms with Crippen LogP contribution in [0.4, 0.5) is 0 Å². The van der Waals surface area contributed by atoms with E-state index in [0.717, 1.165) is 17.7 Å². The number of amides is 1. The Morgan fingerprint density at radius 1 is 1.38 bits per heavy atom. The van der Waals surface area contributed by atoms with Gasteiger partial charge in [0, 0.05) is 6.04 Å². The molecule has 0 radical (unpaired) electrons. The highest BCUT2D eigenvalue weighted by molar-refractivity contribution is 7.12. The summed E-state index contributed by atoms with van der Waals surface area (Å²) in [5.74, 6) is 0.0209. The molecule has 0 aromatic carbocycles. The third-order valence-corrected chi connectivity index (χ3v) is 4.38. The van der Waals surface area contributed by atoms with Gasteiger partial charge in [0.25, 0.3) is 5.91 Å². The Balaban J connectivity index is 1.95. The molecule has 1 saturated carbocycles. The van der Waals surface area contributed by atoms with Crippen LogP contribution in [0, 0.1) is 0 Å². The summed E-state index contributed by atoms with van der Waals surface area (Å²) in [6, 6.07) is 3.88. The number of hydrogen-bond acceptors (Lipinski definition) is 2. The van der Waals surface area contributed by atoms with E-state index in [0.29, 0.717) is 0 Å². The zero-order valence-electron chi connectivity index (χ0n) is 9.12. The van der Waals surface area contributed by atoms with E-state index in [1.54, 1.807) is 0 Å². The van der Waals surface area contributed by atoms with E-state index >= 15 is 0 Å². The van der Waals surface area contributed by atoms with Crippen molar-refractivity contribution in [3.63, 3.8) is 0 Å². The van der Waals surface area contributed by atoms with Crippen molar-refractivity contribution in [2.75, 3.05) is 0 Å². The third-order valence-electron chi connectivity index (χ3n) is 2.99. The molecule has 1 aromatic rings. The molecule has 1 heterocycles. The van der Waals surface area contributed by atoms with Crippen LogP contribution >= 0.6 is 22.9 Å². The first-order valence-electron chi connectivity index (χ1n) is 5.76. The molecule has 2 rings (SSSR count). The van der Waals surface area contributed by atoms with Crippen molar-refractivity contribution in [1.29, 1.82) is 0 Å². The Kier molecular flexibility index (Phi) is 4.24. The molecule has 0 spiro atoms. The molecule has 2 atom stereocenters. The van der Waals surface area contributed by atoms with Crippen molar-refractivity contribution >= 4 is 28.8 Å². The van der Waals surface area contributed by atoms with Crippen LogP contribution in [0.3, 0.4) is 0 Å². The van der Waals surface area contributed by atoms with Gasteiger partial charge < -0.3 is 5.32 Å². The number of halogens is 1. The van der Waals surface area contributed by atoms with E-state index in [4.69, 9.17) is 11.6 Å². The molecule has 1 aliphatic rings. The summed E-state index contributed by atoms with van der Waals surface area (Å²) in [6.45, 7) is 0. The smallest absolute Gasteiger partial charge is 0.261 e. The fraction of sp³-hybridized carbons (Fsp3) is 0.583. The van der Waals surface area contributed by atoms with Crippen molar-refractivity contribution in [2.24, 2.45) is 0 Å². The molecule has 0 aliphatic heterocycles. The molecule has 1 aromatic heterocycles. The highest BCUT2D eigenvalue weighted by Gasteiger charge is 2.23. The van der Waals surface area contributed by atoms with E-state index in [9.17, 15) is 4.79 Å². The largest absolute Gasteiger partial charge is 0.347 e. The van der Waals surface area contributed by atoms with E-state index in [1.165, 1.54) is 30.6 Å². The summed E-state index contributed by atoms with van der Waals surface area (Å²) in [6.07, 6.45) is 5.59. The average molecular weight is 258 g/mol. The average Bonchev–Trinajstić information content (AvgIpc) is 2.73. The molecule has 88 valence electrons. The summed E-state index contributed by atoms with van der Waals surface area (Å²) in [5, 5.41) is 5.06. The zero-order chi connectivity index (χ0) is 11.4. The molecule has 4 heteroatoms. The summed E-state index contributed by atoms with van der Waals surface area (Å²) >= 11 is 7.75. The normalized spacial score (nSPS) is 26.1. The van der Waals surface area contributed by atoms with Crippen molar-refractivity contribution in [1.82, 2.24) is 5.32 Å². The number of rotatable bonds is 2. The predicted molar refractivity (Wildman–Crippen MR) is 68.3 cm³/mol. The zero-order valence-corrected chi connectivity index (χ0v) is 10.7. The van der Waals surface area contributed by atoms with Crippen LogP contribution in [-0.2, 0) is 0 Å². The van der Waals surface area contributed by atoms with Crippen molar-refractivity contribution in [3.8, 4) is 0 Å². The van der Waals surface area contributed by atoms with E-state index < -0.39 is 0 Å². The molecule has 1 aliphatic carbocycles. The minimum atomic E-state index is 0.0209. The van der Waals surface area contributed by atoms with Gasteiger partial charge in [0.1, 0.15) is 0 Å². The molecule has 1 amide bonds. The number of hydrogen-bond donors (Lipinski definition) is 1. The molecule has 0 bridgehead atoms. The van der Waals surface area contributed by atoms with Gasteiger partial charge in [-0.3, -0.25) is 4.79 Å². The van der Waals surface area contributed by atoms with Crippen LogP contribution in [0.15, 0.2) is 17.5 Å². The molecular formula is C12H16ClNOS. The van der Waals surface area contributed by atoms with Crippen molar-refractivity contribution < 1.29 is 4.79 Å². The van der Waals surface area contributed by atoms with E-state index in [1.807, 2.05) is 17.5 Å². The molecule has 1 fully saturated rings. The topological polar surface area (TPSA) is 29.1 Å². The Morgan fingerprint density at radius 2 is 2.19 bits per heavy atom. The SMILES string of the molecule is O=C(NC1CCCCCC1Cl)c1cccs1. The lowest BCUT2D eigenvalue weighted by atomic mass is 10.1. The van der Waals surface area contributed by atoms with Gasteiger partial charge in [-0.2, -0.15) is 0 Å². The van der Waals surface area contributed by atoms with Crippen LogP contribution in [0.5, 0.6) is 0 Å². The van der Waals surface area contributed by atoms with Gasteiger partial charge in [-0.1, -0.05) is 25.3 Å². The maximum absolute atomic E-state index is 11.9. The van der Waals surface area contributed by atoms with Crippen LogP contribution in [0.1, 0.15) is 41.8 Å². The fourth-order valence-corrected chi connectivity index (χ4v) is 3.04. The Morgan fingerprint density at radius 3 is 2.94 bits per heavy atom. The first-order valence-corrected chi connectivity index (χ1v) is 7.07. The lowest BCUT2D eigenvalue weighted by Gasteiger charge is -2.20. The van der Waals surface area contributed by atoms with Gasteiger partial charge in [0.15, 0.2) is 0 Å². The fourth-order valence-electron chi connectivity index (χ4n) is 2.07. The van der Waals surface area contributed by atoms with Gasteiger partial charge in [-0.05, 0) is 24.3 Å². The second-order valence-electron chi connectivity index (χ2n) is 4.21. The number of carbonyl (C=O) groups is 1. The summed E-state index contributed by atoms with van der Waals surface area (Å²) in [4.78, 5) is 12.6. The summed E-state index contributed by atoms with van der Waals surface area (Å²) in [5.41, 5.74) is 0. The maximum atomic E-state index is 11.9. The maximum Gasteiger partial charge on any atom is 0.261 e. The van der Waals surface area contributed by atoms with Gasteiger partial charge in [-0.25, -0.2) is 0 Å². The molecule has 2 nitrogen and oxygen atoms in total. The lowest BCUT2D eigenvalue weighted by molar-refractivity contribution is 0.0938. The van der Waals surface area contributed by atoms with E-state index in [2.05, 4.69) is 5.32 Å². The summed E-state index contributed by atoms with van der Waals surface area (Å²) < 4.78 is 0. The standard InChI is InChI=1S/C12H16ClNOS/c13-9-5-2-1-3-6-10(9)14-12(15)11-7-4-8-16-11/h4,7-10H,1-3,5-6H2,(H,14,15). The minimum absolute atomic E-state index is 0.0209. The van der Waals surface area contributed by atoms with Gasteiger partial charge in [0.2, 0.25) is 0 Å². The number of thiophene rings is 1. The second-order valence-corrected chi connectivity index (χ2v) is 5.72.